The molecule has 0 bridgehead atoms. The highest BCUT2D eigenvalue weighted by molar-refractivity contribution is 5.76. The van der Waals surface area contributed by atoms with E-state index in [1.807, 2.05) is 6.07 Å². The summed E-state index contributed by atoms with van der Waals surface area (Å²) in [7, 11) is 0. The number of rotatable bonds is 3. The number of hydrogen-bond acceptors (Lipinski definition) is 2. The molecule has 0 fully saturated rings. The van der Waals surface area contributed by atoms with Crippen molar-refractivity contribution in [2.24, 2.45) is 5.73 Å². The van der Waals surface area contributed by atoms with Gasteiger partial charge in [0.15, 0.2) is 0 Å². The maximum atomic E-state index is 11.2. The van der Waals surface area contributed by atoms with E-state index >= 15 is 0 Å². The molecule has 0 spiro atoms. The minimum absolute atomic E-state index is 0.267. The van der Waals surface area contributed by atoms with Gasteiger partial charge in [0.1, 0.15) is 0 Å². The average molecular weight is 266 g/mol. The molecule has 1 amide bonds. The van der Waals surface area contributed by atoms with Crippen molar-refractivity contribution in [3.8, 4) is 0 Å². The highest BCUT2D eigenvalue weighted by atomic mass is 16.1. The molecule has 2 aromatic rings. The number of amides is 1. The third kappa shape index (κ3) is 2.58. The normalized spacial score (nSPS) is 18.5. The second-order valence-corrected chi connectivity index (χ2v) is 5.30. The molecule has 102 valence electrons. The molecule has 0 aromatic heterocycles. The summed E-state index contributed by atoms with van der Waals surface area (Å²) in [4.78, 5) is 13.3. The van der Waals surface area contributed by atoms with Crippen LogP contribution in [0.1, 0.15) is 22.6 Å². The van der Waals surface area contributed by atoms with Gasteiger partial charge in [-0.2, -0.15) is 0 Å². The minimum atomic E-state index is -0.267. The van der Waals surface area contributed by atoms with E-state index in [1.54, 1.807) is 0 Å². The lowest BCUT2D eigenvalue weighted by Gasteiger charge is -2.34. The lowest BCUT2D eigenvalue weighted by atomic mass is 9.85. The molecule has 3 rings (SSSR count). The first-order valence-corrected chi connectivity index (χ1v) is 6.87. The molecule has 2 N–H and O–H groups in total. The van der Waals surface area contributed by atoms with Crippen LogP contribution in [0.4, 0.5) is 0 Å². The van der Waals surface area contributed by atoms with Gasteiger partial charge in [-0.25, -0.2) is 0 Å². The van der Waals surface area contributed by atoms with Crippen LogP contribution in [-0.2, 0) is 11.3 Å². The van der Waals surface area contributed by atoms with Crippen molar-refractivity contribution in [2.45, 2.75) is 12.5 Å². The number of hydrogen-bond donors (Lipinski definition) is 1. The minimum Gasteiger partial charge on any atom is -0.369 e. The van der Waals surface area contributed by atoms with Crippen LogP contribution in [0.15, 0.2) is 54.6 Å². The molecule has 1 heterocycles. The predicted molar refractivity (Wildman–Crippen MR) is 79.2 cm³/mol. The molecular formula is C17H18N2O. The maximum absolute atomic E-state index is 11.2. The first-order valence-electron chi connectivity index (χ1n) is 6.87. The van der Waals surface area contributed by atoms with Gasteiger partial charge in [0.2, 0.25) is 5.91 Å². The van der Waals surface area contributed by atoms with Gasteiger partial charge in [-0.3, -0.25) is 9.69 Å². The van der Waals surface area contributed by atoms with E-state index in [2.05, 4.69) is 53.4 Å². The van der Waals surface area contributed by atoms with Gasteiger partial charge < -0.3 is 5.73 Å². The molecule has 0 aliphatic carbocycles. The Balaban J connectivity index is 1.97. The monoisotopic (exact) mass is 266 g/mol. The van der Waals surface area contributed by atoms with Crippen molar-refractivity contribution in [3.05, 3.63) is 71.3 Å². The van der Waals surface area contributed by atoms with E-state index in [9.17, 15) is 4.79 Å². The zero-order valence-corrected chi connectivity index (χ0v) is 11.3. The molecule has 2 aromatic carbocycles. The van der Waals surface area contributed by atoms with E-state index in [-0.39, 0.29) is 5.91 Å². The van der Waals surface area contributed by atoms with Crippen molar-refractivity contribution >= 4 is 5.91 Å². The second-order valence-electron chi connectivity index (χ2n) is 5.30. The Kier molecular flexibility index (Phi) is 3.52. The third-order valence-electron chi connectivity index (χ3n) is 3.85. The quantitative estimate of drug-likeness (QED) is 0.925. The summed E-state index contributed by atoms with van der Waals surface area (Å²) >= 11 is 0. The van der Waals surface area contributed by atoms with Crippen molar-refractivity contribution < 1.29 is 4.79 Å². The maximum Gasteiger partial charge on any atom is 0.231 e. The fourth-order valence-corrected chi connectivity index (χ4v) is 2.99. The number of carbonyl (C=O) groups is 1. The Morgan fingerprint density at radius 2 is 1.80 bits per heavy atom. The molecular weight excluding hydrogens is 248 g/mol. The van der Waals surface area contributed by atoms with Crippen molar-refractivity contribution in [1.29, 1.82) is 0 Å². The van der Waals surface area contributed by atoms with Crippen LogP contribution in [0.5, 0.6) is 0 Å². The first-order chi connectivity index (χ1) is 9.74. The standard InChI is InChI=1S/C17H18N2O/c18-17(20)12-19-10-14-8-4-5-9-15(14)16(11-19)13-6-2-1-3-7-13/h1-9,16H,10-12H2,(H2,18,20)/t16-/m0/s1. The molecule has 3 nitrogen and oxygen atoms in total. The van der Waals surface area contributed by atoms with E-state index in [1.165, 1.54) is 16.7 Å². The number of primary amides is 1. The Bertz CT molecular complexity index is 609. The summed E-state index contributed by atoms with van der Waals surface area (Å²) < 4.78 is 0. The molecule has 1 aliphatic heterocycles. The fraction of sp³-hybridized carbons (Fsp3) is 0.235. The highest BCUT2D eigenvalue weighted by Gasteiger charge is 2.26. The number of nitrogens with zero attached hydrogens (tertiary/aromatic N) is 1. The zero-order chi connectivity index (χ0) is 13.9. The largest absolute Gasteiger partial charge is 0.369 e. The van der Waals surface area contributed by atoms with Crippen LogP contribution in [-0.4, -0.2) is 23.9 Å². The first kappa shape index (κ1) is 12.9. The Morgan fingerprint density at radius 3 is 2.55 bits per heavy atom. The Labute approximate surface area is 119 Å². The number of benzene rings is 2. The molecule has 3 heteroatoms. The van der Waals surface area contributed by atoms with Gasteiger partial charge in [0.05, 0.1) is 6.54 Å². The number of carbonyl (C=O) groups excluding carboxylic acids is 1. The molecule has 1 aliphatic rings. The average Bonchev–Trinajstić information content (AvgIpc) is 2.47. The Hall–Kier alpha value is -2.13. The van der Waals surface area contributed by atoms with Crippen LogP contribution in [0.2, 0.25) is 0 Å². The molecule has 0 radical (unpaired) electrons. The van der Waals surface area contributed by atoms with Crippen molar-refractivity contribution in [3.63, 3.8) is 0 Å². The highest BCUT2D eigenvalue weighted by Crippen LogP contribution is 2.33. The number of nitrogens with two attached hydrogens (primary N) is 1. The number of fused-ring (bicyclic) bond motifs is 1. The predicted octanol–water partition coefficient (Wildman–Crippen LogP) is 2.12. The van der Waals surface area contributed by atoms with Crippen LogP contribution >= 0.6 is 0 Å². The third-order valence-corrected chi connectivity index (χ3v) is 3.85. The van der Waals surface area contributed by atoms with Gasteiger partial charge in [-0.15, -0.1) is 0 Å². The van der Waals surface area contributed by atoms with Gasteiger partial charge >= 0.3 is 0 Å². The van der Waals surface area contributed by atoms with Gasteiger partial charge in [0, 0.05) is 19.0 Å². The molecule has 0 saturated carbocycles. The summed E-state index contributed by atoms with van der Waals surface area (Å²) in [6.07, 6.45) is 0. The summed E-state index contributed by atoms with van der Waals surface area (Å²) in [6.45, 7) is 1.95. The lowest BCUT2D eigenvalue weighted by molar-refractivity contribution is -0.119. The summed E-state index contributed by atoms with van der Waals surface area (Å²) in [6, 6.07) is 18.9. The molecule has 0 unspecified atom stereocenters. The Morgan fingerprint density at radius 1 is 1.10 bits per heavy atom. The van der Waals surface area contributed by atoms with Gasteiger partial charge in [0.25, 0.3) is 0 Å². The van der Waals surface area contributed by atoms with Crippen molar-refractivity contribution in [2.75, 3.05) is 13.1 Å². The van der Waals surface area contributed by atoms with E-state index in [0.717, 1.165) is 13.1 Å². The van der Waals surface area contributed by atoms with E-state index < -0.39 is 0 Å². The summed E-state index contributed by atoms with van der Waals surface area (Å²) in [5.41, 5.74) is 9.28. The fourth-order valence-electron chi connectivity index (χ4n) is 2.99. The topological polar surface area (TPSA) is 46.3 Å². The van der Waals surface area contributed by atoms with E-state index in [0.29, 0.717) is 12.5 Å². The molecule has 1 atom stereocenters. The summed E-state index contributed by atoms with van der Waals surface area (Å²) in [5.74, 6) is 0.0386. The summed E-state index contributed by atoms with van der Waals surface area (Å²) in [5, 5.41) is 0. The van der Waals surface area contributed by atoms with Crippen LogP contribution in [0.3, 0.4) is 0 Å². The lowest BCUT2D eigenvalue weighted by Crippen LogP contribution is -2.39. The SMILES string of the molecule is NC(=O)CN1Cc2ccccc2[C@H](c2ccccc2)C1. The van der Waals surface area contributed by atoms with Crippen LogP contribution < -0.4 is 5.73 Å². The smallest absolute Gasteiger partial charge is 0.231 e. The molecule has 20 heavy (non-hydrogen) atoms. The molecule has 0 saturated heterocycles. The van der Waals surface area contributed by atoms with Crippen LogP contribution in [0.25, 0.3) is 0 Å². The zero-order valence-electron chi connectivity index (χ0n) is 11.3. The second kappa shape index (κ2) is 5.47. The van der Waals surface area contributed by atoms with Crippen LogP contribution in [0, 0.1) is 0 Å². The van der Waals surface area contributed by atoms with E-state index in [4.69, 9.17) is 5.73 Å². The van der Waals surface area contributed by atoms with Gasteiger partial charge in [-0.1, -0.05) is 54.6 Å². The van der Waals surface area contributed by atoms with Gasteiger partial charge in [-0.05, 0) is 16.7 Å². The van der Waals surface area contributed by atoms with Crippen molar-refractivity contribution in [1.82, 2.24) is 4.90 Å².